The smallest absolute Gasteiger partial charge is 0.381 e. The van der Waals surface area contributed by atoms with Gasteiger partial charge in [0.05, 0.1) is 5.56 Å². The van der Waals surface area contributed by atoms with Crippen LogP contribution in [0.4, 0.5) is 18.9 Å². The van der Waals surface area contributed by atoms with Crippen LogP contribution >= 0.6 is 0 Å². The molecule has 1 aromatic heterocycles. The van der Waals surface area contributed by atoms with Gasteiger partial charge in [-0.3, -0.25) is 0 Å². The maximum atomic E-state index is 12.5. The third-order valence-electron chi connectivity index (χ3n) is 2.58. The van der Waals surface area contributed by atoms with E-state index in [1.54, 1.807) is 6.07 Å². The fraction of sp³-hybridized carbons (Fsp3) is 0.231. The third kappa shape index (κ3) is 3.06. The van der Waals surface area contributed by atoms with Gasteiger partial charge in [-0.1, -0.05) is 6.07 Å². The van der Waals surface area contributed by atoms with Crippen LogP contribution in [0.5, 0.6) is 0 Å². The second-order valence-corrected chi connectivity index (χ2v) is 4.12. The Bertz CT molecular complexity index is 529. The highest BCUT2D eigenvalue weighted by Crippen LogP contribution is 2.30. The molecule has 5 heteroatoms. The molecule has 0 aliphatic carbocycles. The fourth-order valence-corrected chi connectivity index (χ4v) is 1.68. The van der Waals surface area contributed by atoms with Crippen LogP contribution in [-0.4, -0.2) is 4.57 Å². The Morgan fingerprint density at radius 3 is 2.61 bits per heavy atom. The van der Waals surface area contributed by atoms with Crippen molar-refractivity contribution < 1.29 is 13.2 Å². The van der Waals surface area contributed by atoms with Crippen LogP contribution in [0.1, 0.15) is 11.1 Å². The van der Waals surface area contributed by atoms with E-state index in [0.29, 0.717) is 12.2 Å². The van der Waals surface area contributed by atoms with E-state index in [4.69, 9.17) is 0 Å². The molecule has 2 aromatic rings. The van der Waals surface area contributed by atoms with E-state index in [0.717, 1.165) is 17.7 Å². The molecule has 2 rings (SSSR count). The fourth-order valence-electron chi connectivity index (χ4n) is 1.68. The first-order valence-corrected chi connectivity index (χ1v) is 5.47. The molecular weight excluding hydrogens is 241 g/mol. The first-order chi connectivity index (χ1) is 8.45. The number of anilines is 1. The molecule has 96 valence electrons. The molecule has 18 heavy (non-hydrogen) atoms. The maximum absolute atomic E-state index is 12.5. The molecule has 0 spiro atoms. The molecule has 0 radical (unpaired) electrons. The summed E-state index contributed by atoms with van der Waals surface area (Å²) in [4.78, 5) is 0. The monoisotopic (exact) mass is 254 g/mol. The first kappa shape index (κ1) is 12.5. The van der Waals surface area contributed by atoms with Crippen molar-refractivity contribution in [3.05, 3.63) is 53.9 Å². The standard InChI is InChI=1S/C13H13F3N2/c1-18-6-5-10(9-18)8-17-12-4-2-3-11(7-12)13(14,15)16/h2-7,9,17H,8H2,1H3. The summed E-state index contributed by atoms with van der Waals surface area (Å²) in [6, 6.07) is 7.12. The minimum Gasteiger partial charge on any atom is -0.381 e. The van der Waals surface area contributed by atoms with Crippen molar-refractivity contribution in [2.24, 2.45) is 7.05 Å². The van der Waals surface area contributed by atoms with Crippen LogP contribution in [-0.2, 0) is 19.8 Å². The molecule has 1 heterocycles. The van der Waals surface area contributed by atoms with E-state index in [1.807, 2.05) is 30.1 Å². The summed E-state index contributed by atoms with van der Waals surface area (Å²) in [5.41, 5.74) is 0.851. The van der Waals surface area contributed by atoms with Crippen molar-refractivity contribution in [2.75, 3.05) is 5.32 Å². The highest BCUT2D eigenvalue weighted by molar-refractivity contribution is 5.46. The summed E-state index contributed by atoms with van der Waals surface area (Å²) in [6.45, 7) is 0.502. The zero-order valence-electron chi connectivity index (χ0n) is 9.83. The highest BCUT2D eigenvalue weighted by Gasteiger charge is 2.30. The number of hydrogen-bond acceptors (Lipinski definition) is 1. The lowest BCUT2D eigenvalue weighted by Gasteiger charge is -2.10. The molecule has 1 N–H and O–H groups in total. The largest absolute Gasteiger partial charge is 0.416 e. The number of nitrogens with zero attached hydrogens (tertiary/aromatic N) is 1. The van der Waals surface area contributed by atoms with Gasteiger partial charge in [-0.25, -0.2) is 0 Å². The lowest BCUT2D eigenvalue weighted by atomic mass is 10.2. The van der Waals surface area contributed by atoms with Crippen LogP contribution in [0.25, 0.3) is 0 Å². The van der Waals surface area contributed by atoms with E-state index in [9.17, 15) is 13.2 Å². The molecule has 2 nitrogen and oxygen atoms in total. The number of aromatic nitrogens is 1. The van der Waals surface area contributed by atoms with Crippen LogP contribution in [0, 0.1) is 0 Å². The average molecular weight is 254 g/mol. The predicted octanol–water partition coefficient (Wildman–Crippen LogP) is 3.66. The van der Waals surface area contributed by atoms with Crippen LogP contribution < -0.4 is 5.32 Å². The van der Waals surface area contributed by atoms with Gasteiger partial charge >= 0.3 is 6.18 Å². The van der Waals surface area contributed by atoms with Crippen molar-refractivity contribution >= 4 is 5.69 Å². The van der Waals surface area contributed by atoms with Gasteiger partial charge in [0, 0.05) is 31.7 Å². The Kier molecular flexibility index (Phi) is 3.32. The van der Waals surface area contributed by atoms with E-state index >= 15 is 0 Å². The topological polar surface area (TPSA) is 17.0 Å². The Morgan fingerprint density at radius 2 is 2.00 bits per heavy atom. The van der Waals surface area contributed by atoms with Gasteiger partial charge in [0.1, 0.15) is 0 Å². The number of nitrogens with one attached hydrogen (secondary N) is 1. The molecule has 0 atom stereocenters. The normalized spacial score (nSPS) is 11.6. The maximum Gasteiger partial charge on any atom is 0.416 e. The zero-order valence-corrected chi connectivity index (χ0v) is 9.83. The number of halogens is 3. The SMILES string of the molecule is Cn1ccc(CNc2cccc(C(F)(F)F)c2)c1. The molecule has 0 fully saturated rings. The Balaban J connectivity index is 2.06. The molecular formula is C13H13F3N2. The molecule has 0 saturated heterocycles. The molecule has 0 unspecified atom stereocenters. The van der Waals surface area contributed by atoms with E-state index in [2.05, 4.69) is 5.32 Å². The molecule has 1 aromatic carbocycles. The minimum absolute atomic E-state index is 0.466. The van der Waals surface area contributed by atoms with Crippen molar-refractivity contribution in [1.82, 2.24) is 4.57 Å². The number of hydrogen-bond donors (Lipinski definition) is 1. The second-order valence-electron chi connectivity index (χ2n) is 4.12. The van der Waals surface area contributed by atoms with E-state index in [-0.39, 0.29) is 0 Å². The zero-order chi connectivity index (χ0) is 13.2. The van der Waals surface area contributed by atoms with Crippen molar-refractivity contribution in [2.45, 2.75) is 12.7 Å². The second kappa shape index (κ2) is 4.76. The average Bonchev–Trinajstić information content (AvgIpc) is 2.72. The van der Waals surface area contributed by atoms with Gasteiger partial charge in [-0.05, 0) is 29.8 Å². The molecule has 0 amide bonds. The predicted molar refractivity (Wildman–Crippen MR) is 64.2 cm³/mol. The summed E-state index contributed by atoms with van der Waals surface area (Å²) >= 11 is 0. The number of rotatable bonds is 3. The minimum atomic E-state index is -4.30. The Labute approximate surface area is 103 Å². The van der Waals surface area contributed by atoms with Crippen LogP contribution in [0.2, 0.25) is 0 Å². The van der Waals surface area contributed by atoms with Gasteiger partial charge < -0.3 is 9.88 Å². The van der Waals surface area contributed by atoms with Gasteiger partial charge in [0.25, 0.3) is 0 Å². The van der Waals surface area contributed by atoms with Gasteiger partial charge in [-0.2, -0.15) is 13.2 Å². The lowest BCUT2D eigenvalue weighted by molar-refractivity contribution is -0.137. The number of benzene rings is 1. The number of alkyl halides is 3. The summed E-state index contributed by atoms with van der Waals surface area (Å²) in [5, 5.41) is 2.97. The summed E-state index contributed by atoms with van der Waals surface area (Å²) < 4.78 is 39.4. The van der Waals surface area contributed by atoms with Gasteiger partial charge in [0.2, 0.25) is 0 Å². The van der Waals surface area contributed by atoms with Crippen molar-refractivity contribution in [3.63, 3.8) is 0 Å². The lowest BCUT2D eigenvalue weighted by Crippen LogP contribution is -2.06. The highest BCUT2D eigenvalue weighted by atomic mass is 19.4. The molecule has 0 aliphatic rings. The molecule has 0 bridgehead atoms. The molecule has 0 saturated carbocycles. The van der Waals surface area contributed by atoms with Gasteiger partial charge in [0.15, 0.2) is 0 Å². The summed E-state index contributed by atoms with van der Waals surface area (Å²) in [5.74, 6) is 0. The third-order valence-corrected chi connectivity index (χ3v) is 2.58. The Hall–Kier alpha value is -1.91. The number of aryl methyl sites for hydroxylation is 1. The van der Waals surface area contributed by atoms with Crippen LogP contribution in [0.15, 0.2) is 42.7 Å². The van der Waals surface area contributed by atoms with Crippen molar-refractivity contribution in [3.8, 4) is 0 Å². The van der Waals surface area contributed by atoms with Crippen molar-refractivity contribution in [1.29, 1.82) is 0 Å². The molecule has 0 aliphatic heterocycles. The van der Waals surface area contributed by atoms with E-state index < -0.39 is 11.7 Å². The Morgan fingerprint density at radius 1 is 1.22 bits per heavy atom. The van der Waals surface area contributed by atoms with Crippen LogP contribution in [0.3, 0.4) is 0 Å². The van der Waals surface area contributed by atoms with E-state index in [1.165, 1.54) is 6.07 Å². The van der Waals surface area contributed by atoms with Gasteiger partial charge in [-0.15, -0.1) is 0 Å². The first-order valence-electron chi connectivity index (χ1n) is 5.47. The summed E-state index contributed by atoms with van der Waals surface area (Å²) in [6.07, 6.45) is -0.492. The quantitative estimate of drug-likeness (QED) is 0.884. The summed E-state index contributed by atoms with van der Waals surface area (Å²) in [7, 11) is 1.90.